The molecule has 0 saturated carbocycles. The first-order valence-corrected chi connectivity index (χ1v) is 11.8. The first-order valence-electron chi connectivity index (χ1n) is 11.4. The summed E-state index contributed by atoms with van der Waals surface area (Å²) in [6, 6.07) is 20.9. The lowest BCUT2D eigenvalue weighted by Gasteiger charge is -2.33. The van der Waals surface area contributed by atoms with E-state index >= 15 is 0 Å². The number of halogens is 1. The number of carbonyl (C=O) groups is 2. The Bertz CT molecular complexity index is 1420. The van der Waals surface area contributed by atoms with Gasteiger partial charge in [-0.05, 0) is 67.1 Å². The number of nitrogens with one attached hydrogen (secondary N) is 1. The van der Waals surface area contributed by atoms with Gasteiger partial charge in [-0.2, -0.15) is 0 Å². The summed E-state index contributed by atoms with van der Waals surface area (Å²) in [5.74, 6) is 0.887. The Labute approximate surface area is 206 Å². The molecule has 2 atom stereocenters. The lowest BCUT2D eigenvalue weighted by Crippen LogP contribution is -2.38. The molecule has 0 radical (unpaired) electrons. The Morgan fingerprint density at radius 1 is 0.886 bits per heavy atom. The summed E-state index contributed by atoms with van der Waals surface area (Å²) in [6.07, 6.45) is 4.04. The van der Waals surface area contributed by atoms with Gasteiger partial charge in [0, 0.05) is 34.2 Å². The minimum absolute atomic E-state index is 0.0525. The third-order valence-corrected chi connectivity index (χ3v) is 6.81. The molecule has 0 saturated heterocycles. The maximum atomic E-state index is 14.0. The van der Waals surface area contributed by atoms with Gasteiger partial charge in [0.2, 0.25) is 0 Å². The number of benzene rings is 2. The number of amides is 1. The van der Waals surface area contributed by atoms with Crippen molar-refractivity contribution in [3.8, 4) is 0 Å². The topological polar surface area (TPSA) is 75.7 Å². The first kappa shape index (κ1) is 21.5. The Kier molecular flexibility index (Phi) is 5.30. The zero-order valence-electron chi connectivity index (χ0n) is 18.6. The summed E-state index contributed by atoms with van der Waals surface area (Å²) in [7, 11) is 0. The molecule has 7 heteroatoms. The third kappa shape index (κ3) is 3.76. The minimum atomic E-state index is -0.732. The van der Waals surface area contributed by atoms with Crippen LogP contribution in [0.15, 0.2) is 105 Å². The molecule has 0 unspecified atom stereocenters. The molecule has 3 heterocycles. The van der Waals surface area contributed by atoms with Crippen molar-refractivity contribution in [2.24, 2.45) is 0 Å². The van der Waals surface area contributed by atoms with Crippen molar-refractivity contribution in [1.82, 2.24) is 0 Å². The van der Waals surface area contributed by atoms with Crippen LogP contribution in [0.2, 0.25) is 5.02 Å². The average Bonchev–Trinajstić information content (AvgIpc) is 3.57. The van der Waals surface area contributed by atoms with Gasteiger partial charge in [0.25, 0.3) is 5.91 Å². The first-order chi connectivity index (χ1) is 17.1. The Morgan fingerprint density at radius 2 is 1.60 bits per heavy atom. The summed E-state index contributed by atoms with van der Waals surface area (Å²) in [4.78, 5) is 29.4. The number of ketones is 1. The number of rotatable bonds is 3. The number of Topliss-reactive ketones (excluding diaryl/α,β-unsaturated/α-hetero) is 1. The van der Waals surface area contributed by atoms with Gasteiger partial charge in [0.1, 0.15) is 17.6 Å². The molecule has 35 heavy (non-hydrogen) atoms. The maximum Gasteiger partial charge on any atom is 0.259 e. The lowest BCUT2D eigenvalue weighted by molar-refractivity contribution is -0.116. The molecule has 2 aromatic heterocycles. The molecule has 1 aliphatic heterocycles. The number of carbonyl (C=O) groups excluding carboxylic acids is 2. The number of anilines is 2. The molecule has 2 aromatic carbocycles. The number of para-hydroxylation sites is 2. The van der Waals surface area contributed by atoms with Crippen LogP contribution in [0.25, 0.3) is 0 Å². The van der Waals surface area contributed by atoms with Crippen molar-refractivity contribution in [3.05, 3.63) is 119 Å². The smallest absolute Gasteiger partial charge is 0.259 e. The monoisotopic (exact) mass is 484 g/mol. The molecular formula is C28H21ClN2O4. The van der Waals surface area contributed by atoms with Crippen LogP contribution in [0.5, 0.6) is 0 Å². The third-order valence-electron chi connectivity index (χ3n) is 6.56. The van der Waals surface area contributed by atoms with E-state index in [0.29, 0.717) is 34.0 Å². The molecule has 0 bridgehead atoms. The fourth-order valence-corrected chi connectivity index (χ4v) is 5.11. The quantitative estimate of drug-likeness (QED) is 0.348. The summed E-state index contributed by atoms with van der Waals surface area (Å²) < 4.78 is 11.5. The van der Waals surface area contributed by atoms with Crippen molar-refractivity contribution in [2.45, 2.75) is 24.8 Å². The minimum Gasteiger partial charge on any atom is -0.469 e. The number of fused-ring (bicyclic) bond motifs is 1. The molecule has 174 valence electrons. The van der Waals surface area contributed by atoms with Crippen molar-refractivity contribution in [2.75, 3.05) is 10.2 Å². The highest BCUT2D eigenvalue weighted by Gasteiger charge is 2.43. The molecule has 4 aromatic rings. The lowest BCUT2D eigenvalue weighted by atomic mass is 9.81. The largest absolute Gasteiger partial charge is 0.469 e. The number of hydrogen-bond acceptors (Lipinski definition) is 5. The Balaban J connectivity index is 1.55. The molecule has 6 nitrogen and oxygen atoms in total. The van der Waals surface area contributed by atoms with E-state index in [2.05, 4.69) is 5.32 Å². The standard InChI is InChI=1S/C28H21ClN2O4/c29-19-11-9-17(10-12-19)28(33)31-22-6-2-1-5-20(22)30-21-15-18(24-7-3-13-34-24)16-23(32)26(21)27(31)25-8-4-14-35-25/h1-14,18,27,30H,15-16H2/t18-,27+/m1/s1. The zero-order chi connectivity index (χ0) is 23.9. The van der Waals surface area contributed by atoms with Crippen LogP contribution in [-0.4, -0.2) is 11.7 Å². The van der Waals surface area contributed by atoms with E-state index in [0.717, 1.165) is 17.1 Å². The predicted molar refractivity (Wildman–Crippen MR) is 132 cm³/mol. The number of furan rings is 2. The van der Waals surface area contributed by atoms with Gasteiger partial charge in [-0.3, -0.25) is 14.5 Å². The summed E-state index contributed by atoms with van der Waals surface area (Å²) in [6.45, 7) is 0. The van der Waals surface area contributed by atoms with Crippen LogP contribution >= 0.6 is 11.6 Å². The van der Waals surface area contributed by atoms with E-state index in [4.69, 9.17) is 20.4 Å². The van der Waals surface area contributed by atoms with Crippen molar-refractivity contribution in [3.63, 3.8) is 0 Å². The van der Waals surface area contributed by atoms with Gasteiger partial charge >= 0.3 is 0 Å². The molecule has 1 N–H and O–H groups in total. The molecule has 1 aliphatic carbocycles. The van der Waals surface area contributed by atoms with Gasteiger partial charge < -0.3 is 14.2 Å². The van der Waals surface area contributed by atoms with Crippen LogP contribution in [-0.2, 0) is 4.79 Å². The predicted octanol–water partition coefficient (Wildman–Crippen LogP) is 6.74. The molecule has 0 fully saturated rings. The van der Waals surface area contributed by atoms with Crippen LogP contribution in [0, 0.1) is 0 Å². The number of hydrogen-bond donors (Lipinski definition) is 1. The van der Waals surface area contributed by atoms with Crippen LogP contribution in [0.1, 0.15) is 46.7 Å². The fourth-order valence-electron chi connectivity index (χ4n) is 4.99. The molecule has 1 amide bonds. The van der Waals surface area contributed by atoms with Crippen molar-refractivity contribution < 1.29 is 18.4 Å². The second-order valence-electron chi connectivity index (χ2n) is 8.68. The van der Waals surface area contributed by atoms with Crippen molar-refractivity contribution >= 4 is 34.7 Å². The zero-order valence-corrected chi connectivity index (χ0v) is 19.4. The van der Waals surface area contributed by atoms with E-state index in [1.165, 1.54) is 0 Å². The van der Waals surface area contributed by atoms with Gasteiger partial charge in [-0.1, -0.05) is 23.7 Å². The van der Waals surface area contributed by atoms with Gasteiger partial charge in [-0.25, -0.2) is 0 Å². The highest BCUT2D eigenvalue weighted by Crippen LogP contribution is 2.47. The average molecular weight is 485 g/mol. The van der Waals surface area contributed by atoms with Crippen LogP contribution in [0.4, 0.5) is 11.4 Å². The van der Waals surface area contributed by atoms with Crippen LogP contribution in [0.3, 0.4) is 0 Å². The van der Waals surface area contributed by atoms with E-state index < -0.39 is 6.04 Å². The fraction of sp³-hybridized carbons (Fsp3) is 0.143. The Hall–Kier alpha value is -4.03. The molecule has 0 spiro atoms. The maximum absolute atomic E-state index is 14.0. The van der Waals surface area contributed by atoms with Crippen LogP contribution < -0.4 is 10.2 Å². The summed E-state index contributed by atoms with van der Waals surface area (Å²) in [5.41, 5.74) is 3.15. The van der Waals surface area contributed by atoms with E-state index in [-0.39, 0.29) is 24.0 Å². The normalized spacial score (nSPS) is 19.6. The molecule has 6 rings (SSSR count). The highest BCUT2D eigenvalue weighted by atomic mass is 35.5. The van der Waals surface area contributed by atoms with Gasteiger partial charge in [0.15, 0.2) is 5.78 Å². The van der Waals surface area contributed by atoms with Gasteiger partial charge in [0.05, 0.1) is 23.9 Å². The highest BCUT2D eigenvalue weighted by molar-refractivity contribution is 6.30. The van der Waals surface area contributed by atoms with E-state index in [1.54, 1.807) is 53.8 Å². The SMILES string of the molecule is O=C1C[C@H](c2ccco2)CC2=C1[C@H](c1ccco1)N(C(=O)c1ccc(Cl)cc1)c1ccccc1N2. The van der Waals surface area contributed by atoms with E-state index in [1.807, 2.05) is 36.4 Å². The summed E-state index contributed by atoms with van der Waals surface area (Å²) in [5, 5.41) is 4.02. The van der Waals surface area contributed by atoms with E-state index in [9.17, 15) is 9.59 Å². The summed E-state index contributed by atoms with van der Waals surface area (Å²) >= 11 is 6.08. The number of allylic oxidation sites excluding steroid dienone is 1. The second kappa shape index (κ2) is 8.64. The molecule has 2 aliphatic rings. The second-order valence-corrected chi connectivity index (χ2v) is 9.11. The Morgan fingerprint density at radius 3 is 2.31 bits per heavy atom. The number of nitrogens with zero attached hydrogens (tertiary/aromatic N) is 1. The van der Waals surface area contributed by atoms with Crippen molar-refractivity contribution in [1.29, 1.82) is 0 Å². The molecular weight excluding hydrogens is 464 g/mol. The van der Waals surface area contributed by atoms with Gasteiger partial charge in [-0.15, -0.1) is 0 Å².